The Morgan fingerprint density at radius 1 is 1.35 bits per heavy atom. The van der Waals surface area contributed by atoms with Crippen LogP contribution in [0.3, 0.4) is 0 Å². The first kappa shape index (κ1) is 20.6. The molecule has 1 saturated heterocycles. The maximum atomic E-state index is 12.8. The lowest BCUT2D eigenvalue weighted by Gasteiger charge is -2.22. The molecule has 0 unspecified atom stereocenters. The van der Waals surface area contributed by atoms with E-state index < -0.39 is 17.9 Å². The van der Waals surface area contributed by atoms with Crippen molar-refractivity contribution in [3.63, 3.8) is 0 Å². The molecule has 1 aliphatic rings. The molecule has 1 aliphatic heterocycles. The zero-order valence-electron chi connectivity index (χ0n) is 14.6. The molecule has 1 atom stereocenters. The van der Waals surface area contributed by atoms with E-state index in [1.54, 1.807) is 38.5 Å². The topological polar surface area (TPSA) is 76.1 Å². The van der Waals surface area contributed by atoms with Crippen LogP contribution < -0.4 is 9.47 Å². The van der Waals surface area contributed by atoms with Gasteiger partial charge >= 0.3 is 5.97 Å². The number of hydrogen-bond acceptors (Lipinski definition) is 7. The van der Waals surface area contributed by atoms with Gasteiger partial charge in [0.25, 0.3) is 5.91 Å². The van der Waals surface area contributed by atoms with E-state index in [1.807, 2.05) is 6.26 Å². The number of hydrogen-bond donors (Lipinski definition) is 1. The van der Waals surface area contributed by atoms with Gasteiger partial charge < -0.3 is 14.6 Å². The van der Waals surface area contributed by atoms with Crippen molar-refractivity contribution in [2.45, 2.75) is 12.5 Å². The van der Waals surface area contributed by atoms with Crippen molar-refractivity contribution >= 4 is 58.0 Å². The molecule has 0 radical (unpaired) electrons. The number of nitrogens with zero attached hydrogens (tertiary/aromatic N) is 1. The molecule has 9 heteroatoms. The van der Waals surface area contributed by atoms with Gasteiger partial charge in [-0.3, -0.25) is 9.69 Å². The monoisotopic (exact) mass is 413 g/mol. The van der Waals surface area contributed by atoms with Crippen molar-refractivity contribution in [1.29, 1.82) is 0 Å². The molecular weight excluding hydrogens is 394 g/mol. The quantitative estimate of drug-likeness (QED) is 0.515. The van der Waals surface area contributed by atoms with Crippen LogP contribution in [0.25, 0.3) is 6.08 Å². The molecule has 0 aliphatic carbocycles. The third-order valence-corrected chi connectivity index (χ3v) is 5.66. The zero-order valence-corrected chi connectivity index (χ0v) is 17.0. The lowest BCUT2D eigenvalue weighted by molar-refractivity contribution is -0.145. The number of thioether (sulfide) groups is 2. The number of aliphatic carboxylic acids is 1. The van der Waals surface area contributed by atoms with Gasteiger partial charge in [0.1, 0.15) is 21.9 Å². The number of amides is 1. The van der Waals surface area contributed by atoms with E-state index in [4.69, 9.17) is 21.7 Å². The van der Waals surface area contributed by atoms with Crippen LogP contribution in [0, 0.1) is 0 Å². The summed E-state index contributed by atoms with van der Waals surface area (Å²) < 4.78 is 10.7. The maximum absolute atomic E-state index is 12.8. The number of carboxylic acid groups (broad SMARTS) is 1. The summed E-state index contributed by atoms with van der Waals surface area (Å²) in [6.45, 7) is 0. The van der Waals surface area contributed by atoms with Crippen molar-refractivity contribution in [3.05, 3.63) is 28.7 Å². The fraction of sp³-hybridized carbons (Fsp3) is 0.353. The Labute approximate surface area is 165 Å². The first-order valence-electron chi connectivity index (χ1n) is 7.63. The van der Waals surface area contributed by atoms with Gasteiger partial charge in [-0.2, -0.15) is 11.8 Å². The molecule has 0 spiro atoms. The lowest BCUT2D eigenvalue weighted by Crippen LogP contribution is -2.44. The van der Waals surface area contributed by atoms with Crippen LogP contribution in [0.4, 0.5) is 0 Å². The third kappa shape index (κ3) is 4.72. The van der Waals surface area contributed by atoms with Crippen LogP contribution in [0.1, 0.15) is 12.0 Å². The second-order valence-electron chi connectivity index (χ2n) is 5.33. The molecule has 0 bridgehead atoms. The van der Waals surface area contributed by atoms with Crippen LogP contribution in [0.15, 0.2) is 23.1 Å². The number of ether oxygens (including phenoxy) is 2. The minimum atomic E-state index is -1.06. The summed E-state index contributed by atoms with van der Waals surface area (Å²) in [5, 5.41) is 9.48. The normalized spacial score (nSPS) is 16.9. The fourth-order valence-corrected chi connectivity index (χ4v) is 4.22. The third-order valence-electron chi connectivity index (χ3n) is 3.69. The van der Waals surface area contributed by atoms with Gasteiger partial charge in [0.15, 0.2) is 0 Å². The Balaban J connectivity index is 2.32. The standard InChI is InChI=1S/C17H19NO5S3/c1-22-11-6-10(7-12(9-11)23-2)8-14-15(19)18(17(24)26-14)13(16(20)21)4-5-25-3/h6-9,13H,4-5H2,1-3H3,(H,20,21)/b14-8-/t13-/m1/s1. The SMILES string of the molecule is COc1cc(/C=C2\SC(=S)N([C@H](CCSC)C(=O)O)C2=O)cc(OC)c1. The maximum Gasteiger partial charge on any atom is 0.326 e. The Morgan fingerprint density at radius 3 is 2.46 bits per heavy atom. The molecule has 1 amide bonds. The molecule has 140 valence electrons. The van der Waals surface area contributed by atoms with E-state index in [2.05, 4.69) is 0 Å². The van der Waals surface area contributed by atoms with E-state index >= 15 is 0 Å². The highest BCUT2D eigenvalue weighted by Gasteiger charge is 2.40. The minimum Gasteiger partial charge on any atom is -0.497 e. The van der Waals surface area contributed by atoms with Crippen molar-refractivity contribution in [2.75, 3.05) is 26.2 Å². The predicted octanol–water partition coefficient (Wildman–Crippen LogP) is 3.11. The molecule has 1 heterocycles. The summed E-state index contributed by atoms with van der Waals surface area (Å²) in [7, 11) is 3.09. The number of methoxy groups -OCH3 is 2. The average Bonchev–Trinajstić information content (AvgIpc) is 2.89. The molecule has 1 aromatic rings. The summed E-state index contributed by atoms with van der Waals surface area (Å²) >= 11 is 7.89. The van der Waals surface area contributed by atoms with Crippen LogP contribution in [-0.2, 0) is 9.59 Å². The van der Waals surface area contributed by atoms with Crippen molar-refractivity contribution in [3.8, 4) is 11.5 Å². The van der Waals surface area contributed by atoms with Gasteiger partial charge in [-0.25, -0.2) is 4.79 Å². The number of carboxylic acids is 1. The zero-order chi connectivity index (χ0) is 19.3. The van der Waals surface area contributed by atoms with Gasteiger partial charge in [-0.1, -0.05) is 24.0 Å². The van der Waals surface area contributed by atoms with E-state index in [9.17, 15) is 14.7 Å². The number of thiocarbonyl (C=S) groups is 1. The second kappa shape index (κ2) is 9.29. The minimum absolute atomic E-state index is 0.254. The van der Waals surface area contributed by atoms with E-state index in [-0.39, 0.29) is 4.32 Å². The molecule has 26 heavy (non-hydrogen) atoms. The number of benzene rings is 1. The Hall–Kier alpha value is -1.71. The van der Waals surface area contributed by atoms with E-state index in [1.165, 1.54) is 16.7 Å². The smallest absolute Gasteiger partial charge is 0.326 e. The van der Waals surface area contributed by atoms with E-state index in [0.29, 0.717) is 34.1 Å². The largest absolute Gasteiger partial charge is 0.497 e. The molecule has 1 N–H and O–H groups in total. The summed E-state index contributed by atoms with van der Waals surface area (Å²) in [4.78, 5) is 25.9. The van der Waals surface area contributed by atoms with Crippen molar-refractivity contribution in [2.24, 2.45) is 0 Å². The number of carbonyl (C=O) groups is 2. The summed E-state index contributed by atoms with van der Waals surface area (Å²) in [5.41, 5.74) is 0.706. The Morgan fingerprint density at radius 2 is 1.96 bits per heavy atom. The molecule has 2 rings (SSSR count). The van der Waals surface area contributed by atoms with Gasteiger partial charge in [0, 0.05) is 6.07 Å². The fourth-order valence-electron chi connectivity index (χ4n) is 2.41. The average molecular weight is 414 g/mol. The molecule has 0 saturated carbocycles. The molecule has 6 nitrogen and oxygen atoms in total. The first-order chi connectivity index (χ1) is 12.4. The summed E-state index contributed by atoms with van der Waals surface area (Å²) in [5.74, 6) is 0.360. The first-order valence-corrected chi connectivity index (χ1v) is 10.2. The number of rotatable bonds is 8. The van der Waals surface area contributed by atoms with Gasteiger partial charge in [0.05, 0.1) is 19.1 Å². The van der Waals surface area contributed by atoms with Crippen molar-refractivity contribution < 1.29 is 24.2 Å². The Kier molecular flexibility index (Phi) is 7.36. The van der Waals surface area contributed by atoms with Gasteiger partial charge in [-0.15, -0.1) is 0 Å². The Bertz CT molecular complexity index is 728. The second-order valence-corrected chi connectivity index (χ2v) is 7.99. The summed E-state index contributed by atoms with van der Waals surface area (Å²) in [6, 6.07) is 4.29. The van der Waals surface area contributed by atoms with E-state index in [0.717, 1.165) is 11.8 Å². The van der Waals surface area contributed by atoms with Crippen molar-refractivity contribution in [1.82, 2.24) is 4.90 Å². The van der Waals surface area contributed by atoms with Crippen LogP contribution in [-0.4, -0.2) is 58.5 Å². The summed E-state index contributed by atoms with van der Waals surface area (Å²) in [6.07, 6.45) is 3.89. The van der Waals surface area contributed by atoms with Crippen LogP contribution in [0.5, 0.6) is 11.5 Å². The van der Waals surface area contributed by atoms with Gasteiger partial charge in [0.2, 0.25) is 0 Å². The molecule has 0 aromatic heterocycles. The molecule has 1 aromatic carbocycles. The molecular formula is C17H19NO5S3. The highest BCUT2D eigenvalue weighted by molar-refractivity contribution is 8.26. The highest BCUT2D eigenvalue weighted by Crippen LogP contribution is 2.36. The highest BCUT2D eigenvalue weighted by atomic mass is 32.2. The molecule has 1 fully saturated rings. The predicted molar refractivity (Wildman–Crippen MR) is 109 cm³/mol. The van der Waals surface area contributed by atoms with Crippen LogP contribution in [0.2, 0.25) is 0 Å². The number of carbonyl (C=O) groups excluding carboxylic acids is 1. The van der Waals surface area contributed by atoms with Gasteiger partial charge in [-0.05, 0) is 42.2 Å². The van der Waals surface area contributed by atoms with Crippen LogP contribution >= 0.6 is 35.7 Å². The lowest BCUT2D eigenvalue weighted by atomic mass is 10.1.